The Labute approximate surface area is 90.7 Å². The Morgan fingerprint density at radius 2 is 2.13 bits per heavy atom. The fraction of sp³-hybridized carbons (Fsp3) is 0.500. The van der Waals surface area contributed by atoms with Gasteiger partial charge in [-0.25, -0.2) is 0 Å². The van der Waals surface area contributed by atoms with Crippen molar-refractivity contribution in [2.75, 3.05) is 29.9 Å². The molecule has 2 rings (SSSR count). The van der Waals surface area contributed by atoms with Crippen LogP contribution in [0.15, 0.2) is 24.3 Å². The van der Waals surface area contributed by atoms with Gasteiger partial charge in [-0.2, -0.15) is 0 Å². The van der Waals surface area contributed by atoms with Crippen molar-refractivity contribution in [3.63, 3.8) is 0 Å². The van der Waals surface area contributed by atoms with E-state index in [4.69, 9.17) is 0 Å². The van der Waals surface area contributed by atoms with Gasteiger partial charge in [-0.15, -0.1) is 0 Å². The summed E-state index contributed by atoms with van der Waals surface area (Å²) < 4.78 is 0. The molecule has 82 valence electrons. The van der Waals surface area contributed by atoms with Crippen molar-refractivity contribution >= 4 is 11.4 Å². The van der Waals surface area contributed by atoms with Gasteiger partial charge >= 0.3 is 0 Å². The maximum atomic E-state index is 9.83. The van der Waals surface area contributed by atoms with E-state index in [0.717, 1.165) is 18.8 Å². The van der Waals surface area contributed by atoms with Gasteiger partial charge in [-0.3, -0.25) is 0 Å². The quantitative estimate of drug-likeness (QED) is 0.773. The summed E-state index contributed by atoms with van der Waals surface area (Å²) in [5.74, 6) is 0. The zero-order chi connectivity index (χ0) is 10.9. The molecule has 1 aliphatic heterocycles. The average molecular weight is 206 g/mol. The lowest BCUT2D eigenvalue weighted by molar-refractivity contribution is 0.0874. The van der Waals surface area contributed by atoms with Crippen molar-refractivity contribution in [1.82, 2.24) is 0 Å². The van der Waals surface area contributed by atoms with Gasteiger partial charge in [0.1, 0.15) is 0 Å². The molecular formula is C12H18N2O. The van der Waals surface area contributed by atoms with E-state index in [-0.39, 0.29) is 0 Å². The predicted molar refractivity (Wildman–Crippen MR) is 63.4 cm³/mol. The van der Waals surface area contributed by atoms with E-state index < -0.39 is 5.60 Å². The van der Waals surface area contributed by atoms with Crippen LogP contribution >= 0.6 is 0 Å². The number of nitrogens with one attached hydrogen (secondary N) is 1. The summed E-state index contributed by atoms with van der Waals surface area (Å²) in [6.07, 6.45) is 0. The molecular weight excluding hydrogens is 188 g/mol. The Hall–Kier alpha value is -1.22. The predicted octanol–water partition coefficient (Wildman–Crippen LogP) is 1.69. The van der Waals surface area contributed by atoms with Crippen LogP contribution in [0.3, 0.4) is 0 Å². The van der Waals surface area contributed by atoms with Crippen LogP contribution in [-0.4, -0.2) is 30.3 Å². The summed E-state index contributed by atoms with van der Waals surface area (Å²) in [7, 11) is 0. The molecule has 1 aliphatic rings. The molecule has 2 N–H and O–H groups in total. The summed E-state index contributed by atoms with van der Waals surface area (Å²) >= 11 is 0. The maximum Gasteiger partial charge on any atom is 0.0765 e. The third kappa shape index (κ3) is 2.42. The molecule has 0 amide bonds. The van der Waals surface area contributed by atoms with Crippen LogP contribution in [0.25, 0.3) is 0 Å². The first-order valence-corrected chi connectivity index (χ1v) is 5.36. The molecule has 1 aromatic carbocycles. The molecule has 3 nitrogen and oxygen atoms in total. The number of aliphatic hydroxyl groups is 1. The average Bonchev–Trinajstić information content (AvgIpc) is 2.16. The lowest BCUT2D eigenvalue weighted by Crippen LogP contribution is -2.43. The lowest BCUT2D eigenvalue weighted by atomic mass is 10.1. The largest absolute Gasteiger partial charge is 0.389 e. The Morgan fingerprint density at radius 3 is 2.87 bits per heavy atom. The number of anilines is 2. The fourth-order valence-electron chi connectivity index (χ4n) is 1.98. The van der Waals surface area contributed by atoms with Crippen molar-refractivity contribution in [1.29, 1.82) is 0 Å². The van der Waals surface area contributed by atoms with Crippen LogP contribution in [0.1, 0.15) is 13.8 Å². The van der Waals surface area contributed by atoms with Gasteiger partial charge in [0.05, 0.1) is 17.0 Å². The molecule has 3 heteroatoms. The van der Waals surface area contributed by atoms with Crippen molar-refractivity contribution in [2.24, 2.45) is 0 Å². The van der Waals surface area contributed by atoms with Crippen LogP contribution in [0.2, 0.25) is 0 Å². The molecule has 0 bridgehead atoms. The molecule has 0 saturated heterocycles. The SMILES string of the molecule is CC(C)(O)CN1CCNc2ccccc21. The number of rotatable bonds is 2. The van der Waals surface area contributed by atoms with Crippen molar-refractivity contribution in [2.45, 2.75) is 19.4 Å². The topological polar surface area (TPSA) is 35.5 Å². The number of hydrogen-bond acceptors (Lipinski definition) is 3. The number of hydrogen-bond donors (Lipinski definition) is 2. The molecule has 0 radical (unpaired) electrons. The summed E-state index contributed by atoms with van der Waals surface area (Å²) in [6.45, 7) is 6.25. The third-order valence-electron chi connectivity index (χ3n) is 2.52. The Kier molecular flexibility index (Phi) is 2.57. The fourth-order valence-corrected chi connectivity index (χ4v) is 1.98. The minimum absolute atomic E-state index is 0.648. The number of para-hydroxylation sites is 2. The number of benzene rings is 1. The highest BCUT2D eigenvalue weighted by Gasteiger charge is 2.22. The smallest absolute Gasteiger partial charge is 0.0765 e. The van der Waals surface area contributed by atoms with E-state index in [0.29, 0.717) is 6.54 Å². The second-order valence-electron chi connectivity index (χ2n) is 4.68. The van der Waals surface area contributed by atoms with Gasteiger partial charge in [0.25, 0.3) is 0 Å². The van der Waals surface area contributed by atoms with Crippen molar-refractivity contribution in [3.8, 4) is 0 Å². The molecule has 0 unspecified atom stereocenters. The Morgan fingerprint density at radius 1 is 1.40 bits per heavy atom. The summed E-state index contributed by atoms with van der Waals surface area (Å²) in [5.41, 5.74) is 1.70. The first kappa shape index (κ1) is 10.3. The molecule has 0 aromatic heterocycles. The van der Waals surface area contributed by atoms with Crippen LogP contribution in [0.4, 0.5) is 11.4 Å². The van der Waals surface area contributed by atoms with E-state index in [2.05, 4.69) is 22.3 Å². The van der Waals surface area contributed by atoms with Gasteiger partial charge in [0.2, 0.25) is 0 Å². The van der Waals surface area contributed by atoms with Gasteiger partial charge in [-0.05, 0) is 26.0 Å². The molecule has 0 aliphatic carbocycles. The van der Waals surface area contributed by atoms with Crippen LogP contribution in [0.5, 0.6) is 0 Å². The van der Waals surface area contributed by atoms with Crippen molar-refractivity contribution in [3.05, 3.63) is 24.3 Å². The molecule has 0 saturated carbocycles. The van der Waals surface area contributed by atoms with Gasteiger partial charge in [-0.1, -0.05) is 12.1 Å². The second-order valence-corrected chi connectivity index (χ2v) is 4.68. The molecule has 15 heavy (non-hydrogen) atoms. The lowest BCUT2D eigenvalue weighted by Gasteiger charge is -2.35. The molecule has 0 fully saturated rings. The highest BCUT2D eigenvalue weighted by molar-refractivity contribution is 5.71. The van der Waals surface area contributed by atoms with Gasteiger partial charge in [0.15, 0.2) is 0 Å². The van der Waals surface area contributed by atoms with Crippen molar-refractivity contribution < 1.29 is 5.11 Å². The Balaban J connectivity index is 2.22. The molecule has 1 aromatic rings. The minimum atomic E-state index is -0.648. The van der Waals surface area contributed by atoms with Gasteiger partial charge in [0, 0.05) is 19.6 Å². The van der Waals surface area contributed by atoms with E-state index in [9.17, 15) is 5.11 Å². The van der Waals surface area contributed by atoms with E-state index in [1.165, 1.54) is 5.69 Å². The van der Waals surface area contributed by atoms with Crippen LogP contribution < -0.4 is 10.2 Å². The van der Waals surface area contributed by atoms with E-state index in [1.54, 1.807) is 0 Å². The van der Waals surface area contributed by atoms with Crippen LogP contribution in [0, 0.1) is 0 Å². The molecule has 0 spiro atoms. The number of fused-ring (bicyclic) bond motifs is 1. The summed E-state index contributed by atoms with van der Waals surface area (Å²) in [6, 6.07) is 8.22. The first-order chi connectivity index (χ1) is 7.06. The van der Waals surface area contributed by atoms with E-state index in [1.807, 2.05) is 26.0 Å². The molecule has 0 atom stereocenters. The highest BCUT2D eigenvalue weighted by Crippen LogP contribution is 2.29. The van der Waals surface area contributed by atoms with E-state index >= 15 is 0 Å². The monoisotopic (exact) mass is 206 g/mol. The molecule has 1 heterocycles. The number of β-amino-alcohol motifs (C(OH)–C–C–N with tert-alkyl or cyclic N) is 1. The normalized spacial score (nSPS) is 15.8. The second kappa shape index (κ2) is 3.74. The van der Waals surface area contributed by atoms with Gasteiger partial charge < -0.3 is 15.3 Å². The third-order valence-corrected chi connectivity index (χ3v) is 2.52. The zero-order valence-electron chi connectivity index (χ0n) is 9.33. The number of nitrogens with zero attached hydrogens (tertiary/aromatic N) is 1. The minimum Gasteiger partial charge on any atom is -0.389 e. The zero-order valence-corrected chi connectivity index (χ0v) is 9.33. The maximum absolute atomic E-state index is 9.83. The van der Waals surface area contributed by atoms with Crippen LogP contribution in [-0.2, 0) is 0 Å². The first-order valence-electron chi connectivity index (χ1n) is 5.36. The Bertz CT molecular complexity index is 344. The summed E-state index contributed by atoms with van der Waals surface area (Å²) in [5, 5.41) is 13.2. The standard InChI is InChI=1S/C12H18N2O/c1-12(2,15)9-14-8-7-13-10-5-3-4-6-11(10)14/h3-6,13,15H,7-9H2,1-2H3. The highest BCUT2D eigenvalue weighted by atomic mass is 16.3. The summed E-state index contributed by atoms with van der Waals surface area (Å²) in [4.78, 5) is 2.23.